The van der Waals surface area contributed by atoms with Crippen LogP contribution in [0.25, 0.3) is 22.0 Å². The molecule has 0 fully saturated rings. The second kappa shape index (κ2) is 3.45. The van der Waals surface area contributed by atoms with E-state index in [-0.39, 0.29) is 0 Å². The molecule has 16 heavy (non-hydrogen) atoms. The van der Waals surface area contributed by atoms with Gasteiger partial charge in [0.15, 0.2) is 0 Å². The first-order valence-corrected chi connectivity index (χ1v) is 5.17. The molecule has 2 heterocycles. The van der Waals surface area contributed by atoms with Gasteiger partial charge in [-0.05, 0) is 17.7 Å². The normalized spacial score (nSPS) is 10.8. The Bertz CT molecular complexity index is 640. The predicted octanol–water partition coefficient (Wildman–Crippen LogP) is 2.64. The number of aromatic nitrogens is 3. The molecule has 0 saturated heterocycles. The quantitative estimate of drug-likeness (QED) is 0.616. The van der Waals surface area contributed by atoms with Gasteiger partial charge in [0, 0.05) is 30.4 Å². The molecular weight excluding hydrogens is 198 g/mol. The van der Waals surface area contributed by atoms with Gasteiger partial charge in [-0.1, -0.05) is 18.2 Å². The van der Waals surface area contributed by atoms with Crippen LogP contribution < -0.4 is 0 Å². The van der Waals surface area contributed by atoms with Crippen LogP contribution in [-0.2, 0) is 7.05 Å². The first-order chi connectivity index (χ1) is 7.83. The third-order valence-corrected chi connectivity index (χ3v) is 2.64. The SMILES string of the molecule is Cn1cc(-c2ccc3cccnc3c2)cn1. The number of rotatable bonds is 1. The van der Waals surface area contributed by atoms with Crippen molar-refractivity contribution in [3.05, 3.63) is 48.9 Å². The fourth-order valence-electron chi connectivity index (χ4n) is 1.82. The van der Waals surface area contributed by atoms with Crippen molar-refractivity contribution in [1.29, 1.82) is 0 Å². The monoisotopic (exact) mass is 209 g/mol. The van der Waals surface area contributed by atoms with E-state index < -0.39 is 0 Å². The molecule has 0 aliphatic rings. The van der Waals surface area contributed by atoms with Crippen LogP contribution in [-0.4, -0.2) is 14.8 Å². The van der Waals surface area contributed by atoms with E-state index in [1.54, 1.807) is 4.68 Å². The topological polar surface area (TPSA) is 30.7 Å². The van der Waals surface area contributed by atoms with Crippen molar-refractivity contribution in [3.8, 4) is 11.1 Å². The van der Waals surface area contributed by atoms with Gasteiger partial charge >= 0.3 is 0 Å². The van der Waals surface area contributed by atoms with Crippen molar-refractivity contribution in [3.63, 3.8) is 0 Å². The van der Waals surface area contributed by atoms with Crippen LogP contribution >= 0.6 is 0 Å². The maximum absolute atomic E-state index is 4.35. The van der Waals surface area contributed by atoms with Gasteiger partial charge in [-0.25, -0.2) is 0 Å². The van der Waals surface area contributed by atoms with Crippen molar-refractivity contribution in [2.24, 2.45) is 7.05 Å². The molecule has 3 nitrogen and oxygen atoms in total. The van der Waals surface area contributed by atoms with E-state index in [1.807, 2.05) is 31.7 Å². The zero-order valence-electron chi connectivity index (χ0n) is 8.96. The smallest absolute Gasteiger partial charge is 0.0708 e. The molecule has 0 N–H and O–H groups in total. The standard InChI is InChI=1S/C13H11N3/c1-16-9-12(8-15-16)11-5-4-10-3-2-6-14-13(10)7-11/h2-9H,1H3. The largest absolute Gasteiger partial charge is 0.275 e. The number of nitrogens with zero attached hydrogens (tertiary/aromatic N) is 3. The highest BCUT2D eigenvalue weighted by atomic mass is 15.2. The summed E-state index contributed by atoms with van der Waals surface area (Å²) >= 11 is 0. The zero-order valence-corrected chi connectivity index (χ0v) is 8.96. The molecule has 0 radical (unpaired) electrons. The molecule has 0 bridgehead atoms. The fourth-order valence-corrected chi connectivity index (χ4v) is 1.82. The van der Waals surface area contributed by atoms with Crippen LogP contribution in [0.3, 0.4) is 0 Å². The summed E-state index contributed by atoms with van der Waals surface area (Å²) in [5, 5.41) is 5.33. The molecule has 0 aliphatic carbocycles. The minimum absolute atomic E-state index is 1.02. The van der Waals surface area contributed by atoms with Gasteiger partial charge in [-0.15, -0.1) is 0 Å². The highest BCUT2D eigenvalue weighted by Crippen LogP contribution is 2.22. The van der Waals surface area contributed by atoms with Crippen molar-refractivity contribution in [2.75, 3.05) is 0 Å². The summed E-state index contributed by atoms with van der Waals surface area (Å²) in [6.45, 7) is 0. The van der Waals surface area contributed by atoms with Gasteiger partial charge in [0.1, 0.15) is 0 Å². The van der Waals surface area contributed by atoms with E-state index in [4.69, 9.17) is 0 Å². The first kappa shape index (κ1) is 9.09. The Morgan fingerprint density at radius 2 is 2.06 bits per heavy atom. The van der Waals surface area contributed by atoms with Crippen molar-refractivity contribution in [2.45, 2.75) is 0 Å². The second-order valence-corrected chi connectivity index (χ2v) is 3.81. The van der Waals surface area contributed by atoms with Crippen LogP contribution in [0.2, 0.25) is 0 Å². The highest BCUT2D eigenvalue weighted by molar-refractivity contribution is 5.83. The number of benzene rings is 1. The van der Waals surface area contributed by atoms with Crippen LogP contribution in [0.5, 0.6) is 0 Å². The van der Waals surface area contributed by atoms with Crippen LogP contribution in [0.15, 0.2) is 48.9 Å². The molecule has 78 valence electrons. The van der Waals surface area contributed by atoms with Gasteiger partial charge in [0.05, 0.1) is 11.7 Å². The summed E-state index contributed by atoms with van der Waals surface area (Å²) in [6.07, 6.45) is 5.68. The van der Waals surface area contributed by atoms with Crippen molar-refractivity contribution < 1.29 is 0 Å². The molecule has 2 aromatic heterocycles. The van der Waals surface area contributed by atoms with E-state index >= 15 is 0 Å². The molecule has 0 unspecified atom stereocenters. The van der Waals surface area contributed by atoms with E-state index in [0.717, 1.165) is 22.0 Å². The van der Waals surface area contributed by atoms with Crippen molar-refractivity contribution >= 4 is 10.9 Å². The molecule has 0 aliphatic heterocycles. The number of fused-ring (bicyclic) bond motifs is 1. The lowest BCUT2D eigenvalue weighted by molar-refractivity contribution is 0.768. The first-order valence-electron chi connectivity index (χ1n) is 5.17. The van der Waals surface area contributed by atoms with Gasteiger partial charge in [0.2, 0.25) is 0 Å². The summed E-state index contributed by atoms with van der Waals surface area (Å²) in [5.41, 5.74) is 3.29. The molecule has 0 saturated carbocycles. The average molecular weight is 209 g/mol. The van der Waals surface area contributed by atoms with Crippen molar-refractivity contribution in [1.82, 2.24) is 14.8 Å². The maximum Gasteiger partial charge on any atom is 0.0708 e. The van der Waals surface area contributed by atoms with E-state index in [1.165, 1.54) is 0 Å². The third-order valence-electron chi connectivity index (χ3n) is 2.64. The number of hydrogen-bond donors (Lipinski definition) is 0. The average Bonchev–Trinajstić information content (AvgIpc) is 2.75. The summed E-state index contributed by atoms with van der Waals surface area (Å²) in [7, 11) is 1.92. The Balaban J connectivity index is 2.18. The molecule has 0 spiro atoms. The molecule has 3 aromatic rings. The lowest BCUT2D eigenvalue weighted by Crippen LogP contribution is -1.84. The number of aryl methyl sites for hydroxylation is 1. The van der Waals surface area contributed by atoms with Crippen LogP contribution in [0.4, 0.5) is 0 Å². The zero-order chi connectivity index (χ0) is 11.0. The third kappa shape index (κ3) is 1.46. The second-order valence-electron chi connectivity index (χ2n) is 3.81. The molecule has 3 rings (SSSR count). The van der Waals surface area contributed by atoms with Crippen LogP contribution in [0.1, 0.15) is 0 Å². The molecule has 0 atom stereocenters. The molecule has 1 aromatic carbocycles. The summed E-state index contributed by atoms with van der Waals surface area (Å²) in [6, 6.07) is 10.3. The summed E-state index contributed by atoms with van der Waals surface area (Å²) in [5.74, 6) is 0. The fraction of sp³-hybridized carbons (Fsp3) is 0.0769. The highest BCUT2D eigenvalue weighted by Gasteiger charge is 2.01. The van der Waals surface area contributed by atoms with Gasteiger partial charge < -0.3 is 0 Å². The Morgan fingerprint density at radius 3 is 2.88 bits per heavy atom. The lowest BCUT2D eigenvalue weighted by Gasteiger charge is -2.00. The van der Waals surface area contributed by atoms with Gasteiger partial charge in [-0.2, -0.15) is 5.10 Å². The number of hydrogen-bond acceptors (Lipinski definition) is 2. The molecule has 3 heteroatoms. The Morgan fingerprint density at radius 1 is 1.12 bits per heavy atom. The maximum atomic E-state index is 4.35. The molecule has 0 amide bonds. The van der Waals surface area contributed by atoms with E-state index in [9.17, 15) is 0 Å². The van der Waals surface area contributed by atoms with E-state index in [0.29, 0.717) is 0 Å². The predicted molar refractivity (Wildman–Crippen MR) is 63.9 cm³/mol. The van der Waals surface area contributed by atoms with Crippen LogP contribution in [0, 0.1) is 0 Å². The minimum atomic E-state index is 1.02. The Hall–Kier alpha value is -2.16. The van der Waals surface area contributed by atoms with Gasteiger partial charge in [-0.3, -0.25) is 9.67 Å². The summed E-state index contributed by atoms with van der Waals surface area (Å²) < 4.78 is 1.80. The van der Waals surface area contributed by atoms with E-state index in [2.05, 4.69) is 34.3 Å². The number of pyridine rings is 1. The van der Waals surface area contributed by atoms with Gasteiger partial charge in [0.25, 0.3) is 0 Å². The molecular formula is C13H11N3. The lowest BCUT2D eigenvalue weighted by atomic mass is 10.1. The Kier molecular flexibility index (Phi) is 1.96. The summed E-state index contributed by atoms with van der Waals surface area (Å²) in [4.78, 5) is 4.35. The Labute approximate surface area is 93.4 Å². The minimum Gasteiger partial charge on any atom is -0.275 e.